The maximum Gasteiger partial charge on any atom is 0.319 e. The highest BCUT2D eigenvalue weighted by Crippen LogP contribution is 2.33. The Morgan fingerprint density at radius 3 is 2.69 bits per heavy atom. The van der Waals surface area contributed by atoms with Crippen LogP contribution in [0.1, 0.15) is 35.5 Å². The molecule has 0 unspecified atom stereocenters. The number of hydrogen-bond donors (Lipinski definition) is 3. The molecule has 2 aliphatic rings. The third-order valence-electron chi connectivity index (χ3n) is 6.42. The lowest BCUT2D eigenvalue weighted by Gasteiger charge is -2.51. The predicted molar refractivity (Wildman–Crippen MR) is 133 cm³/mol. The number of amides is 3. The van der Waals surface area contributed by atoms with Crippen LogP contribution < -0.4 is 20.9 Å². The van der Waals surface area contributed by atoms with Crippen LogP contribution in [0.25, 0.3) is 11.0 Å². The number of morpholine rings is 1. The molecule has 2 aromatic heterocycles. The van der Waals surface area contributed by atoms with Crippen molar-refractivity contribution in [3.63, 3.8) is 0 Å². The Balaban J connectivity index is 0.00000169. The van der Waals surface area contributed by atoms with Crippen molar-refractivity contribution >= 4 is 34.5 Å². The van der Waals surface area contributed by atoms with E-state index < -0.39 is 12.1 Å². The molecule has 3 N–H and O–H groups in total. The highest BCUT2D eigenvalue weighted by molar-refractivity contribution is 5.89. The van der Waals surface area contributed by atoms with Crippen molar-refractivity contribution in [2.75, 3.05) is 36.5 Å². The third-order valence-corrected chi connectivity index (χ3v) is 6.42. The van der Waals surface area contributed by atoms with Gasteiger partial charge < -0.3 is 30.0 Å². The second-order valence-electron chi connectivity index (χ2n) is 9.43. The van der Waals surface area contributed by atoms with Gasteiger partial charge in [-0.3, -0.25) is 4.79 Å². The molecule has 0 saturated carbocycles. The number of aryl methyl sites for hydroxylation is 1. The van der Waals surface area contributed by atoms with Crippen LogP contribution in [-0.2, 0) is 9.53 Å². The van der Waals surface area contributed by atoms with Gasteiger partial charge in [-0.2, -0.15) is 0 Å². The van der Waals surface area contributed by atoms with Gasteiger partial charge in [-0.05, 0) is 31.0 Å². The predicted octanol–water partition coefficient (Wildman–Crippen LogP) is 3.63. The summed E-state index contributed by atoms with van der Waals surface area (Å²) in [6.07, 6.45) is 3.08. The molecule has 0 bridgehead atoms. The third kappa shape index (κ3) is 4.51. The number of ether oxygens (including phenoxy) is 1. The minimum absolute atomic E-state index is 0. The fourth-order valence-electron chi connectivity index (χ4n) is 4.48. The van der Waals surface area contributed by atoms with Crippen LogP contribution in [0.4, 0.5) is 20.8 Å². The number of hydrogen-bond acceptors (Lipinski definition) is 7. The number of halogens is 1. The number of aromatic nitrogens is 2. The van der Waals surface area contributed by atoms with E-state index in [1.807, 2.05) is 25.7 Å². The van der Waals surface area contributed by atoms with Gasteiger partial charge in [-0.1, -0.05) is 13.8 Å². The first-order valence-corrected chi connectivity index (χ1v) is 11.5. The zero-order valence-corrected chi connectivity index (χ0v) is 19.7. The fraction of sp³-hybridized carbons (Fsp3) is 0.417. The van der Waals surface area contributed by atoms with Gasteiger partial charge >= 0.3 is 6.03 Å². The highest BCUT2D eigenvalue weighted by atomic mass is 19.1. The number of nitrogens with one attached hydrogen (secondary N) is 3. The molecule has 3 aromatic rings. The van der Waals surface area contributed by atoms with Crippen molar-refractivity contribution in [2.45, 2.75) is 32.4 Å². The Kier molecular flexibility index (Phi) is 5.79. The van der Waals surface area contributed by atoms with Crippen LogP contribution in [0.5, 0.6) is 0 Å². The van der Waals surface area contributed by atoms with E-state index in [1.54, 1.807) is 6.07 Å². The smallest absolute Gasteiger partial charge is 0.319 e. The van der Waals surface area contributed by atoms with Gasteiger partial charge in [0.05, 0.1) is 43.8 Å². The lowest BCUT2D eigenvalue weighted by Crippen LogP contribution is -2.71. The molecule has 0 radical (unpaired) electrons. The first-order chi connectivity index (χ1) is 16.7. The van der Waals surface area contributed by atoms with E-state index in [-0.39, 0.29) is 34.1 Å². The van der Waals surface area contributed by atoms with E-state index in [2.05, 4.69) is 25.9 Å². The summed E-state index contributed by atoms with van der Waals surface area (Å²) in [7, 11) is 0. The van der Waals surface area contributed by atoms with Crippen LogP contribution in [0, 0.1) is 18.7 Å². The molecule has 11 heteroatoms. The van der Waals surface area contributed by atoms with E-state index in [1.165, 1.54) is 24.5 Å². The van der Waals surface area contributed by atoms with E-state index >= 15 is 0 Å². The van der Waals surface area contributed by atoms with Crippen molar-refractivity contribution in [3.8, 4) is 0 Å². The molecule has 2 fully saturated rings. The zero-order chi connectivity index (χ0) is 24.7. The summed E-state index contributed by atoms with van der Waals surface area (Å²) in [5.74, 6) is 0.689. The number of furan rings is 1. The number of fused-ring (bicyclic) bond motifs is 1. The average molecular weight is 489 g/mol. The van der Waals surface area contributed by atoms with Gasteiger partial charge in [0.2, 0.25) is 11.9 Å². The Labute approximate surface area is 205 Å². The molecule has 0 aliphatic carbocycles. The van der Waals surface area contributed by atoms with Crippen molar-refractivity contribution in [2.24, 2.45) is 5.92 Å². The summed E-state index contributed by atoms with van der Waals surface area (Å²) in [4.78, 5) is 34.7. The van der Waals surface area contributed by atoms with E-state index in [0.29, 0.717) is 48.0 Å². The average Bonchev–Trinajstić information content (AvgIpc) is 3.12. The number of carbonyl (C=O) groups is 2. The van der Waals surface area contributed by atoms with E-state index in [0.717, 1.165) is 5.56 Å². The minimum atomic E-state index is -0.430. The first kappa shape index (κ1) is 23.0. The number of carbonyl (C=O) groups excluding carboxylic acids is 2. The lowest BCUT2D eigenvalue weighted by molar-refractivity contribution is -0.146. The summed E-state index contributed by atoms with van der Waals surface area (Å²) in [6, 6.07) is 3.53. The quantitative estimate of drug-likeness (QED) is 0.501. The maximum absolute atomic E-state index is 13.7. The van der Waals surface area contributed by atoms with Crippen molar-refractivity contribution < 1.29 is 27.4 Å². The normalized spacial score (nSPS) is 17.9. The maximum atomic E-state index is 13.7. The van der Waals surface area contributed by atoms with Crippen LogP contribution in [0.3, 0.4) is 0 Å². The molecule has 1 atom stereocenters. The summed E-state index contributed by atoms with van der Waals surface area (Å²) in [5, 5.41) is 9.20. The van der Waals surface area contributed by atoms with Crippen molar-refractivity contribution in [3.05, 3.63) is 47.7 Å². The minimum Gasteiger partial charge on any atom is -0.459 e. The number of rotatable bonds is 5. The van der Waals surface area contributed by atoms with Gasteiger partial charge in [0.1, 0.15) is 29.4 Å². The Morgan fingerprint density at radius 1 is 1.29 bits per heavy atom. The number of urea groups is 1. The van der Waals surface area contributed by atoms with Gasteiger partial charge in [-0.25, -0.2) is 19.2 Å². The number of benzene rings is 1. The van der Waals surface area contributed by atoms with Crippen molar-refractivity contribution in [1.29, 1.82) is 0 Å². The number of anilines is 2. The van der Waals surface area contributed by atoms with E-state index in [4.69, 9.17) is 9.15 Å². The van der Waals surface area contributed by atoms with Crippen LogP contribution in [-0.4, -0.2) is 53.7 Å². The Morgan fingerprint density at radius 2 is 2.03 bits per heavy atom. The molecule has 2 saturated heterocycles. The molecule has 190 valence electrons. The van der Waals surface area contributed by atoms with Crippen LogP contribution >= 0.6 is 0 Å². The molecular weight excluding hydrogens is 455 g/mol. The zero-order valence-electron chi connectivity index (χ0n) is 19.7. The second-order valence-corrected chi connectivity index (χ2v) is 9.43. The van der Waals surface area contributed by atoms with E-state index in [9.17, 15) is 14.0 Å². The molecule has 4 heterocycles. The molecule has 1 spiro atoms. The molecule has 3 amide bonds. The van der Waals surface area contributed by atoms with Crippen LogP contribution in [0.15, 0.2) is 35.0 Å². The Bertz CT molecular complexity index is 1270. The summed E-state index contributed by atoms with van der Waals surface area (Å²) >= 11 is 0. The SMILES string of the molecule is Cc1c([C@H](NC(=O)Nc2cnc(N3CC4(CNC(=O)CO4)C3)nc2)C(C)C)oc2ccc(F)cc12.[HH].[HH].[HH]. The molecule has 2 aliphatic heterocycles. The van der Waals surface area contributed by atoms with Gasteiger partial charge in [0.25, 0.3) is 0 Å². The summed E-state index contributed by atoms with van der Waals surface area (Å²) in [6.45, 7) is 7.49. The summed E-state index contributed by atoms with van der Waals surface area (Å²) < 4.78 is 25.3. The molecule has 1 aromatic carbocycles. The fourth-order valence-corrected chi connectivity index (χ4v) is 4.48. The first-order valence-electron chi connectivity index (χ1n) is 11.5. The number of nitrogens with zero attached hydrogens (tertiary/aromatic N) is 3. The van der Waals surface area contributed by atoms with Gasteiger partial charge in [0, 0.05) is 15.2 Å². The lowest BCUT2D eigenvalue weighted by atomic mass is 9.93. The summed E-state index contributed by atoms with van der Waals surface area (Å²) in [5.41, 5.74) is 1.42. The largest absolute Gasteiger partial charge is 0.459 e. The topological polar surface area (TPSA) is 122 Å². The monoisotopic (exact) mass is 488 g/mol. The van der Waals surface area contributed by atoms with Crippen LogP contribution in [0.2, 0.25) is 0 Å². The highest BCUT2D eigenvalue weighted by Gasteiger charge is 2.47. The molecule has 5 rings (SSSR count). The Hall–Kier alpha value is -3.73. The standard InChI is InChI=1S/C24H27FN6O4.3H2/c1-13(2)20(21-14(3)17-6-15(25)4-5-18(17)35-21)30-23(33)29-16-7-26-22(27-8-16)31-11-24(12-31)10-28-19(32)9-34-24;;;/h4-8,13,20H,9-12H2,1-3H3,(H,28,32)(H2,29,30,33);3*1H/t20-;;;/m1.../s1. The molecular formula is C24H33FN6O4. The second kappa shape index (κ2) is 8.81. The van der Waals surface area contributed by atoms with Crippen molar-refractivity contribution in [1.82, 2.24) is 20.6 Å². The van der Waals surface area contributed by atoms with Gasteiger partial charge in [-0.15, -0.1) is 0 Å². The van der Waals surface area contributed by atoms with Gasteiger partial charge in [0.15, 0.2) is 0 Å². The molecule has 10 nitrogen and oxygen atoms in total. The molecule has 35 heavy (non-hydrogen) atoms.